The lowest BCUT2D eigenvalue weighted by atomic mass is 9.75. The summed E-state index contributed by atoms with van der Waals surface area (Å²) in [5.41, 5.74) is -3.20. The average molecular weight is 589 g/mol. The Hall–Kier alpha value is -3.17. The molecule has 3 aromatic carbocycles. The van der Waals surface area contributed by atoms with Crippen LogP contribution in [-0.4, -0.2) is 6.11 Å². The van der Waals surface area contributed by atoms with Crippen LogP contribution in [0, 0.1) is 41.0 Å². The molecule has 0 aromatic heterocycles. The van der Waals surface area contributed by atoms with Crippen LogP contribution >= 0.6 is 0 Å². The molecule has 1 atom stereocenters. The van der Waals surface area contributed by atoms with Crippen molar-refractivity contribution < 1.29 is 44.3 Å². The molecule has 0 bridgehead atoms. The highest BCUT2D eigenvalue weighted by molar-refractivity contribution is 5.72. The lowest BCUT2D eigenvalue weighted by molar-refractivity contribution is -0.224. The van der Waals surface area contributed by atoms with Crippen LogP contribution in [0.25, 0.3) is 22.3 Å². The summed E-state index contributed by atoms with van der Waals surface area (Å²) in [4.78, 5) is 0. The third-order valence-electron chi connectivity index (χ3n) is 7.91. The molecular weight excluding hydrogens is 559 g/mol. The first kappa shape index (κ1) is 30.8. The molecular formula is C31H29F9O. The first-order valence-corrected chi connectivity index (χ1v) is 13.4. The van der Waals surface area contributed by atoms with Crippen molar-refractivity contribution in [1.29, 1.82) is 0 Å². The van der Waals surface area contributed by atoms with Crippen molar-refractivity contribution in [3.8, 4) is 28.0 Å². The van der Waals surface area contributed by atoms with Crippen LogP contribution in [0.3, 0.4) is 0 Å². The van der Waals surface area contributed by atoms with Crippen LogP contribution in [0.5, 0.6) is 5.75 Å². The zero-order valence-electron chi connectivity index (χ0n) is 22.4. The normalized spacial score (nSPS) is 18.8. The van der Waals surface area contributed by atoms with E-state index in [1.165, 1.54) is 6.07 Å². The number of hydrogen-bond donors (Lipinski definition) is 0. The van der Waals surface area contributed by atoms with Crippen LogP contribution < -0.4 is 4.74 Å². The fourth-order valence-electron chi connectivity index (χ4n) is 5.67. The summed E-state index contributed by atoms with van der Waals surface area (Å²) < 4.78 is 131. The first-order chi connectivity index (χ1) is 19.2. The predicted molar refractivity (Wildman–Crippen MR) is 137 cm³/mol. The maximum Gasteiger partial charge on any atom is 0.422 e. The van der Waals surface area contributed by atoms with Gasteiger partial charge in [-0.1, -0.05) is 38.8 Å². The third kappa shape index (κ3) is 6.84. The molecule has 1 fully saturated rings. The van der Waals surface area contributed by atoms with Crippen molar-refractivity contribution in [3.63, 3.8) is 0 Å². The second kappa shape index (κ2) is 12.0. The molecule has 1 aliphatic rings. The van der Waals surface area contributed by atoms with Crippen molar-refractivity contribution in [2.24, 2.45) is 17.8 Å². The molecule has 1 unspecified atom stereocenters. The van der Waals surface area contributed by atoms with Gasteiger partial charge >= 0.3 is 12.3 Å². The Morgan fingerprint density at radius 1 is 0.732 bits per heavy atom. The molecule has 1 saturated carbocycles. The number of benzene rings is 3. The molecule has 0 aliphatic heterocycles. The quantitative estimate of drug-likeness (QED) is 0.238. The van der Waals surface area contributed by atoms with Gasteiger partial charge in [0.2, 0.25) is 0 Å². The highest BCUT2D eigenvalue weighted by Gasteiger charge is 2.44. The Morgan fingerprint density at radius 3 is 1.80 bits per heavy atom. The molecule has 10 heteroatoms. The van der Waals surface area contributed by atoms with E-state index in [0.29, 0.717) is 49.7 Å². The Balaban J connectivity index is 1.49. The Kier molecular flexibility index (Phi) is 8.99. The van der Waals surface area contributed by atoms with Crippen molar-refractivity contribution in [2.75, 3.05) is 0 Å². The van der Waals surface area contributed by atoms with E-state index in [0.717, 1.165) is 43.2 Å². The molecule has 0 heterocycles. The summed E-state index contributed by atoms with van der Waals surface area (Å²) in [5.74, 6) is -6.43. The number of rotatable bonds is 8. The molecule has 0 radical (unpaired) electrons. The van der Waals surface area contributed by atoms with E-state index in [4.69, 9.17) is 4.74 Å². The van der Waals surface area contributed by atoms with Gasteiger partial charge in [0, 0.05) is 17.2 Å². The third-order valence-corrected chi connectivity index (χ3v) is 7.91. The van der Waals surface area contributed by atoms with Crippen molar-refractivity contribution in [2.45, 2.75) is 64.7 Å². The molecule has 1 nitrogen and oxygen atoms in total. The van der Waals surface area contributed by atoms with E-state index in [1.807, 2.05) is 0 Å². The van der Waals surface area contributed by atoms with E-state index < -0.39 is 63.9 Å². The second-order valence-corrected chi connectivity index (χ2v) is 10.7. The van der Waals surface area contributed by atoms with Gasteiger partial charge in [-0.3, -0.25) is 0 Å². The minimum atomic E-state index is -5.28. The molecule has 0 amide bonds. The molecule has 4 rings (SSSR count). The van der Waals surface area contributed by atoms with Crippen molar-refractivity contribution in [1.82, 2.24) is 0 Å². The maximum atomic E-state index is 14.9. The van der Waals surface area contributed by atoms with Gasteiger partial charge in [0.1, 0.15) is 34.6 Å². The fraction of sp³-hybridized carbons (Fsp3) is 0.419. The van der Waals surface area contributed by atoms with Crippen LogP contribution in [0.1, 0.15) is 57.9 Å². The maximum absolute atomic E-state index is 14.9. The second-order valence-electron chi connectivity index (χ2n) is 10.7. The number of hydrogen-bond acceptors (Lipinski definition) is 1. The first-order valence-electron chi connectivity index (χ1n) is 13.4. The van der Waals surface area contributed by atoms with Gasteiger partial charge < -0.3 is 4.74 Å². The van der Waals surface area contributed by atoms with Gasteiger partial charge in [0.05, 0.1) is 5.92 Å². The molecule has 0 saturated heterocycles. The monoisotopic (exact) mass is 588 g/mol. The Labute approximate surface area is 232 Å². The van der Waals surface area contributed by atoms with E-state index in [2.05, 4.69) is 13.8 Å². The van der Waals surface area contributed by atoms with Gasteiger partial charge in [-0.2, -0.15) is 22.0 Å². The van der Waals surface area contributed by atoms with E-state index in [1.54, 1.807) is 0 Å². The largest absolute Gasteiger partial charge is 0.432 e. The van der Waals surface area contributed by atoms with Crippen molar-refractivity contribution in [3.05, 3.63) is 77.4 Å². The number of halogens is 9. The van der Waals surface area contributed by atoms with Gasteiger partial charge in [0.15, 0.2) is 0 Å². The molecule has 0 spiro atoms. The molecule has 3 aromatic rings. The van der Waals surface area contributed by atoms with Gasteiger partial charge in [-0.25, -0.2) is 17.6 Å². The predicted octanol–water partition coefficient (Wildman–Crippen LogP) is 10.8. The summed E-state index contributed by atoms with van der Waals surface area (Å²) in [5, 5.41) is 0. The van der Waals surface area contributed by atoms with E-state index in [9.17, 15) is 39.5 Å². The van der Waals surface area contributed by atoms with E-state index in [-0.39, 0.29) is 11.1 Å². The minimum Gasteiger partial charge on any atom is -0.432 e. The fourth-order valence-corrected chi connectivity index (χ4v) is 5.67. The standard InChI is InChI=1S/C31H29F9O/c1-3-4-17(2)18-5-8-21(9-6-18)31(39,40)41-22-10-12-23(26(33)16-22)19-7-11-24(25(32)13-19)20-14-27(34)29(28(35)15-20)30(36,37)38/h7,10-18,21H,3-6,8-9H2,1-2H3. The lowest BCUT2D eigenvalue weighted by Crippen LogP contribution is -2.38. The molecule has 0 N–H and O–H groups in total. The van der Waals surface area contributed by atoms with Crippen LogP contribution in [0.4, 0.5) is 39.5 Å². The smallest absolute Gasteiger partial charge is 0.422 e. The molecule has 1 aliphatic carbocycles. The highest BCUT2D eigenvalue weighted by Crippen LogP contribution is 2.43. The Bertz CT molecular complexity index is 1350. The molecule has 222 valence electrons. The van der Waals surface area contributed by atoms with Gasteiger partial charge in [0.25, 0.3) is 0 Å². The Morgan fingerprint density at radius 2 is 1.27 bits per heavy atom. The molecule has 41 heavy (non-hydrogen) atoms. The summed E-state index contributed by atoms with van der Waals surface area (Å²) >= 11 is 0. The van der Waals surface area contributed by atoms with Gasteiger partial charge in [-0.15, -0.1) is 0 Å². The van der Waals surface area contributed by atoms with Crippen LogP contribution in [0.15, 0.2) is 48.5 Å². The van der Waals surface area contributed by atoms with Gasteiger partial charge in [-0.05, 0) is 79.0 Å². The highest BCUT2D eigenvalue weighted by atomic mass is 19.4. The van der Waals surface area contributed by atoms with Crippen LogP contribution in [-0.2, 0) is 6.18 Å². The topological polar surface area (TPSA) is 9.23 Å². The summed E-state index contributed by atoms with van der Waals surface area (Å²) in [6, 6.07) is 6.80. The van der Waals surface area contributed by atoms with Crippen LogP contribution in [0.2, 0.25) is 0 Å². The SMILES string of the molecule is CCCC(C)C1CCC(C(F)(F)Oc2ccc(-c3ccc(-c4cc(F)c(C(F)(F)F)c(F)c4)c(F)c3)c(F)c2)CC1. The lowest BCUT2D eigenvalue weighted by Gasteiger charge is -2.35. The summed E-state index contributed by atoms with van der Waals surface area (Å²) in [6.45, 7) is 4.23. The average Bonchev–Trinajstić information content (AvgIpc) is 2.87. The zero-order chi connectivity index (χ0) is 30.1. The summed E-state index contributed by atoms with van der Waals surface area (Å²) in [6.07, 6.45) is -4.76. The number of alkyl halides is 5. The van der Waals surface area contributed by atoms with E-state index >= 15 is 0 Å². The van der Waals surface area contributed by atoms with Crippen molar-refractivity contribution >= 4 is 0 Å². The number of ether oxygens (including phenoxy) is 1. The zero-order valence-corrected chi connectivity index (χ0v) is 22.4. The summed E-state index contributed by atoms with van der Waals surface area (Å²) in [7, 11) is 0. The minimum absolute atomic E-state index is 0.0329.